The molecule has 0 radical (unpaired) electrons. The Morgan fingerprint density at radius 3 is 2.49 bits per heavy atom. The first-order valence-electron chi connectivity index (χ1n) is 12.6. The molecule has 0 bridgehead atoms. The van der Waals surface area contributed by atoms with Crippen LogP contribution in [-0.2, 0) is 4.79 Å². The number of hydrogen-bond donors (Lipinski definition) is 0. The zero-order valence-electron chi connectivity index (χ0n) is 21.7. The standard InChI is InChI=1S/C29H28FN5O3S/c1-20-18-33(15-16-34(20)28(37)21-11-13-23(30)14-12-21)26(36)19-39-29-32-31-27(22-7-6-10-25(17-22)38-2)35(29)24-8-4-3-5-9-24/h3-14,17,20H,15-16,18-19H2,1-2H3. The topological polar surface area (TPSA) is 80.6 Å². The molecule has 1 aromatic heterocycles. The fraction of sp³-hybridized carbons (Fsp3) is 0.241. The van der Waals surface area contributed by atoms with Crippen molar-refractivity contribution >= 4 is 23.6 Å². The molecule has 8 nitrogen and oxygen atoms in total. The highest BCUT2D eigenvalue weighted by atomic mass is 32.2. The molecule has 200 valence electrons. The van der Waals surface area contributed by atoms with Gasteiger partial charge in [-0.15, -0.1) is 10.2 Å². The quantitative estimate of drug-likeness (QED) is 0.317. The number of halogens is 1. The smallest absolute Gasteiger partial charge is 0.254 e. The van der Waals surface area contributed by atoms with Crippen LogP contribution in [0.15, 0.2) is 84.0 Å². The van der Waals surface area contributed by atoms with E-state index in [4.69, 9.17) is 4.74 Å². The molecule has 39 heavy (non-hydrogen) atoms. The predicted molar refractivity (Wildman–Crippen MR) is 148 cm³/mol. The monoisotopic (exact) mass is 545 g/mol. The molecule has 2 amide bonds. The Labute approximate surface area is 230 Å². The number of amides is 2. The molecule has 4 aromatic rings. The fourth-order valence-electron chi connectivity index (χ4n) is 4.58. The maximum atomic E-state index is 13.3. The van der Waals surface area contributed by atoms with Gasteiger partial charge in [0.2, 0.25) is 5.91 Å². The molecule has 1 unspecified atom stereocenters. The van der Waals surface area contributed by atoms with Crippen LogP contribution in [-0.4, -0.2) is 74.9 Å². The first-order valence-corrected chi connectivity index (χ1v) is 13.6. The molecule has 10 heteroatoms. The van der Waals surface area contributed by atoms with Gasteiger partial charge in [-0.3, -0.25) is 14.2 Å². The summed E-state index contributed by atoms with van der Waals surface area (Å²) in [6.07, 6.45) is 0. The first kappa shape index (κ1) is 26.4. The van der Waals surface area contributed by atoms with Crippen LogP contribution >= 0.6 is 11.8 Å². The third-order valence-electron chi connectivity index (χ3n) is 6.63. The molecule has 1 fully saturated rings. The number of benzene rings is 3. The summed E-state index contributed by atoms with van der Waals surface area (Å²) in [7, 11) is 1.62. The van der Waals surface area contributed by atoms with E-state index < -0.39 is 0 Å². The Hall–Kier alpha value is -4.18. The number of methoxy groups -OCH3 is 1. The zero-order chi connectivity index (χ0) is 27.4. The van der Waals surface area contributed by atoms with Crippen molar-refractivity contribution in [2.75, 3.05) is 32.5 Å². The minimum absolute atomic E-state index is 0.0359. The number of aromatic nitrogens is 3. The average Bonchev–Trinajstić information content (AvgIpc) is 3.40. The SMILES string of the molecule is COc1cccc(-c2nnc(SCC(=O)N3CCN(C(=O)c4ccc(F)cc4)C(C)C3)n2-c2ccccc2)c1. The fourth-order valence-corrected chi connectivity index (χ4v) is 5.44. The van der Waals surface area contributed by atoms with E-state index in [0.717, 1.165) is 11.3 Å². The Kier molecular flexibility index (Phi) is 7.92. The lowest BCUT2D eigenvalue weighted by Crippen LogP contribution is -2.55. The van der Waals surface area contributed by atoms with Gasteiger partial charge in [0.15, 0.2) is 11.0 Å². The summed E-state index contributed by atoms with van der Waals surface area (Å²) in [6, 6.07) is 22.7. The Bertz CT molecular complexity index is 1460. The van der Waals surface area contributed by atoms with Crippen molar-refractivity contribution in [3.8, 4) is 22.8 Å². The highest BCUT2D eigenvalue weighted by Crippen LogP contribution is 2.30. The Morgan fingerprint density at radius 1 is 1.00 bits per heavy atom. The van der Waals surface area contributed by atoms with Gasteiger partial charge in [-0.05, 0) is 55.5 Å². The molecule has 1 aliphatic heterocycles. The summed E-state index contributed by atoms with van der Waals surface area (Å²) in [5.74, 6) is 0.964. The van der Waals surface area contributed by atoms with Crippen molar-refractivity contribution in [2.24, 2.45) is 0 Å². The molecule has 0 saturated carbocycles. The maximum absolute atomic E-state index is 13.3. The van der Waals surface area contributed by atoms with Crippen LogP contribution < -0.4 is 4.74 Å². The molecule has 3 aromatic carbocycles. The minimum atomic E-state index is -0.383. The van der Waals surface area contributed by atoms with Gasteiger partial charge in [0, 0.05) is 42.5 Å². The summed E-state index contributed by atoms with van der Waals surface area (Å²) < 4.78 is 20.6. The Balaban J connectivity index is 1.28. The van der Waals surface area contributed by atoms with Gasteiger partial charge in [-0.2, -0.15) is 0 Å². The van der Waals surface area contributed by atoms with Crippen molar-refractivity contribution in [2.45, 2.75) is 18.1 Å². The summed E-state index contributed by atoms with van der Waals surface area (Å²) in [5, 5.41) is 9.47. The van der Waals surface area contributed by atoms with Crippen LogP contribution in [0.25, 0.3) is 17.1 Å². The number of thioether (sulfide) groups is 1. The van der Waals surface area contributed by atoms with Gasteiger partial charge in [0.1, 0.15) is 11.6 Å². The van der Waals surface area contributed by atoms with E-state index in [-0.39, 0.29) is 29.4 Å². The normalized spacial score (nSPS) is 15.3. The van der Waals surface area contributed by atoms with Crippen molar-refractivity contribution in [1.29, 1.82) is 0 Å². The molecule has 0 spiro atoms. The number of nitrogens with zero attached hydrogens (tertiary/aromatic N) is 5. The molecule has 1 saturated heterocycles. The van der Waals surface area contributed by atoms with Crippen LogP contribution in [0.1, 0.15) is 17.3 Å². The lowest BCUT2D eigenvalue weighted by molar-refractivity contribution is -0.130. The number of ether oxygens (including phenoxy) is 1. The summed E-state index contributed by atoms with van der Waals surface area (Å²) in [4.78, 5) is 29.6. The summed E-state index contributed by atoms with van der Waals surface area (Å²) in [6.45, 7) is 3.18. The van der Waals surface area contributed by atoms with Crippen LogP contribution in [0, 0.1) is 5.82 Å². The first-order chi connectivity index (χ1) is 18.9. The molecular formula is C29H28FN5O3S. The molecule has 1 aliphatic rings. The van der Waals surface area contributed by atoms with Crippen LogP contribution in [0.2, 0.25) is 0 Å². The number of hydrogen-bond acceptors (Lipinski definition) is 6. The van der Waals surface area contributed by atoms with E-state index in [9.17, 15) is 14.0 Å². The molecule has 0 aliphatic carbocycles. The highest BCUT2D eigenvalue weighted by molar-refractivity contribution is 7.99. The number of carbonyl (C=O) groups is 2. The number of para-hydroxylation sites is 1. The van der Waals surface area contributed by atoms with Crippen molar-refractivity contribution in [3.63, 3.8) is 0 Å². The molecule has 5 rings (SSSR count). The van der Waals surface area contributed by atoms with E-state index in [1.807, 2.05) is 66.1 Å². The van der Waals surface area contributed by atoms with Gasteiger partial charge in [-0.25, -0.2) is 4.39 Å². The van der Waals surface area contributed by atoms with Gasteiger partial charge in [-0.1, -0.05) is 42.1 Å². The highest BCUT2D eigenvalue weighted by Gasteiger charge is 2.30. The Morgan fingerprint density at radius 2 is 1.77 bits per heavy atom. The summed E-state index contributed by atoms with van der Waals surface area (Å²) in [5.41, 5.74) is 2.17. The predicted octanol–water partition coefficient (Wildman–Crippen LogP) is 4.55. The van der Waals surface area contributed by atoms with Gasteiger partial charge >= 0.3 is 0 Å². The molecule has 2 heterocycles. The van der Waals surface area contributed by atoms with Gasteiger partial charge in [0.05, 0.1) is 12.9 Å². The number of carbonyl (C=O) groups excluding carboxylic acids is 2. The van der Waals surface area contributed by atoms with E-state index in [1.165, 1.54) is 36.0 Å². The van der Waals surface area contributed by atoms with Crippen LogP contribution in [0.4, 0.5) is 4.39 Å². The lowest BCUT2D eigenvalue weighted by Gasteiger charge is -2.40. The molecule has 1 atom stereocenters. The van der Waals surface area contributed by atoms with Crippen molar-refractivity contribution in [1.82, 2.24) is 24.6 Å². The van der Waals surface area contributed by atoms with E-state index in [0.29, 0.717) is 41.9 Å². The lowest BCUT2D eigenvalue weighted by atomic mass is 10.1. The van der Waals surface area contributed by atoms with E-state index in [1.54, 1.807) is 16.9 Å². The van der Waals surface area contributed by atoms with Crippen LogP contribution in [0.5, 0.6) is 5.75 Å². The number of rotatable bonds is 7. The third kappa shape index (κ3) is 5.80. The largest absolute Gasteiger partial charge is 0.497 e. The molecule has 0 N–H and O–H groups in total. The van der Waals surface area contributed by atoms with Crippen molar-refractivity contribution in [3.05, 3.63) is 90.2 Å². The second-order valence-corrected chi connectivity index (χ2v) is 10.1. The maximum Gasteiger partial charge on any atom is 0.254 e. The second-order valence-electron chi connectivity index (χ2n) is 9.19. The average molecular weight is 546 g/mol. The zero-order valence-corrected chi connectivity index (χ0v) is 22.5. The van der Waals surface area contributed by atoms with E-state index in [2.05, 4.69) is 10.2 Å². The van der Waals surface area contributed by atoms with Crippen molar-refractivity contribution < 1.29 is 18.7 Å². The van der Waals surface area contributed by atoms with E-state index >= 15 is 0 Å². The second kappa shape index (κ2) is 11.7. The van der Waals surface area contributed by atoms with Gasteiger partial charge < -0.3 is 14.5 Å². The third-order valence-corrected chi connectivity index (χ3v) is 7.55. The minimum Gasteiger partial charge on any atom is -0.497 e. The van der Waals surface area contributed by atoms with Gasteiger partial charge in [0.25, 0.3) is 5.91 Å². The number of piperazine rings is 1. The molecular weight excluding hydrogens is 517 g/mol. The van der Waals surface area contributed by atoms with Crippen LogP contribution in [0.3, 0.4) is 0 Å². The summed E-state index contributed by atoms with van der Waals surface area (Å²) >= 11 is 1.33.